The number of methoxy groups -OCH3 is 1. The van der Waals surface area contributed by atoms with Gasteiger partial charge in [-0.25, -0.2) is 14.7 Å². The number of hydrogen-bond acceptors (Lipinski definition) is 3. The quantitative estimate of drug-likeness (QED) is 0.755. The molecular weight excluding hydrogens is 338 g/mol. The number of allylic oxidation sites excluding steroid dienone is 3. The van der Waals surface area contributed by atoms with Crippen LogP contribution >= 0.6 is 0 Å². The zero-order chi connectivity index (χ0) is 20.2. The van der Waals surface area contributed by atoms with Crippen molar-refractivity contribution in [2.75, 3.05) is 12.0 Å². The fourth-order valence-electron chi connectivity index (χ4n) is 2.40. The highest BCUT2D eigenvalue weighted by atomic mass is 16.5. The van der Waals surface area contributed by atoms with Crippen LogP contribution in [0.3, 0.4) is 0 Å². The van der Waals surface area contributed by atoms with Crippen LogP contribution in [0.5, 0.6) is 5.75 Å². The zero-order valence-electron chi connectivity index (χ0n) is 16.8. The second kappa shape index (κ2) is 11.5. The standard InChI is InChI=1S/C13H17N3O.C9H12O/c1-4-7-11(5-2)16(13(14)17)12-10(3)8-6-9-15-12;1-3-8-4-6-9(10-2)7-5-8/h4-9H,1-3H3,(H2,14,17);4-7H,3H2,1-2H3/b7-4-,11-5+;. The topological polar surface area (TPSA) is 68.5 Å². The summed E-state index contributed by atoms with van der Waals surface area (Å²) in [5.74, 6) is 1.49. The van der Waals surface area contributed by atoms with Gasteiger partial charge in [0.25, 0.3) is 0 Å². The molecule has 1 aromatic carbocycles. The maximum atomic E-state index is 11.6. The lowest BCUT2D eigenvalue weighted by Crippen LogP contribution is -2.35. The Bertz CT molecular complexity index is 757. The van der Waals surface area contributed by atoms with E-state index in [4.69, 9.17) is 10.5 Å². The molecule has 5 nitrogen and oxygen atoms in total. The number of carbonyl (C=O) groups excluding carboxylic acids is 1. The van der Waals surface area contributed by atoms with E-state index in [2.05, 4.69) is 24.0 Å². The average Bonchev–Trinajstić information content (AvgIpc) is 2.69. The Hall–Kier alpha value is -3.08. The molecule has 1 aromatic heterocycles. The summed E-state index contributed by atoms with van der Waals surface area (Å²) in [7, 11) is 1.68. The van der Waals surface area contributed by atoms with Crippen LogP contribution < -0.4 is 15.4 Å². The first-order valence-electron chi connectivity index (χ1n) is 8.91. The maximum Gasteiger partial charge on any atom is 0.325 e. The van der Waals surface area contributed by atoms with E-state index in [9.17, 15) is 4.79 Å². The molecule has 5 heteroatoms. The Morgan fingerprint density at radius 1 is 1.22 bits per heavy atom. The number of nitrogens with two attached hydrogens (primary N) is 1. The van der Waals surface area contributed by atoms with Crippen molar-refractivity contribution in [3.05, 3.63) is 77.6 Å². The second-order valence-electron chi connectivity index (χ2n) is 5.73. The Balaban J connectivity index is 0.000000309. The van der Waals surface area contributed by atoms with E-state index in [-0.39, 0.29) is 0 Å². The highest BCUT2D eigenvalue weighted by molar-refractivity contribution is 5.94. The number of primary amides is 1. The van der Waals surface area contributed by atoms with Crippen molar-refractivity contribution in [2.24, 2.45) is 5.73 Å². The molecule has 2 amide bonds. The van der Waals surface area contributed by atoms with Crippen LogP contribution in [0.15, 0.2) is 66.5 Å². The summed E-state index contributed by atoms with van der Waals surface area (Å²) in [5, 5.41) is 0. The van der Waals surface area contributed by atoms with Gasteiger partial charge in [-0.2, -0.15) is 0 Å². The minimum Gasteiger partial charge on any atom is -0.497 e. The van der Waals surface area contributed by atoms with Crippen LogP contribution in [0.25, 0.3) is 0 Å². The van der Waals surface area contributed by atoms with Crippen molar-refractivity contribution in [2.45, 2.75) is 34.1 Å². The van der Waals surface area contributed by atoms with Crippen molar-refractivity contribution < 1.29 is 9.53 Å². The Morgan fingerprint density at radius 3 is 2.33 bits per heavy atom. The fourth-order valence-corrected chi connectivity index (χ4v) is 2.40. The first-order chi connectivity index (χ1) is 13.0. The number of amides is 2. The van der Waals surface area contributed by atoms with Crippen molar-refractivity contribution >= 4 is 11.8 Å². The first-order valence-corrected chi connectivity index (χ1v) is 8.91. The molecule has 0 spiro atoms. The molecule has 1 heterocycles. The average molecular weight is 367 g/mol. The maximum absolute atomic E-state index is 11.6. The van der Waals surface area contributed by atoms with Gasteiger partial charge in [0.1, 0.15) is 11.6 Å². The number of rotatable bonds is 5. The number of benzene rings is 1. The SMILES string of the molecule is C/C=C\C(=C/C)N(C(N)=O)c1ncccc1C.CCc1ccc(OC)cc1. The number of urea groups is 1. The molecule has 0 atom stereocenters. The number of aromatic nitrogens is 1. The molecular formula is C22H29N3O2. The molecule has 144 valence electrons. The minimum absolute atomic E-state index is 0.544. The highest BCUT2D eigenvalue weighted by Gasteiger charge is 2.18. The normalized spacial score (nSPS) is 10.9. The van der Waals surface area contributed by atoms with Crippen LogP contribution in [0.2, 0.25) is 0 Å². The summed E-state index contributed by atoms with van der Waals surface area (Å²) in [6.07, 6.45) is 8.21. The third-order valence-corrected chi connectivity index (χ3v) is 3.87. The van der Waals surface area contributed by atoms with Gasteiger partial charge in [0.05, 0.1) is 7.11 Å². The van der Waals surface area contributed by atoms with Crippen LogP contribution in [0.1, 0.15) is 31.9 Å². The van der Waals surface area contributed by atoms with Crippen molar-refractivity contribution in [1.29, 1.82) is 0 Å². The molecule has 0 fully saturated rings. The summed E-state index contributed by atoms with van der Waals surface area (Å²) in [5.41, 5.74) is 8.37. The molecule has 0 saturated heterocycles. The van der Waals surface area contributed by atoms with E-state index in [0.29, 0.717) is 11.5 Å². The van der Waals surface area contributed by atoms with Gasteiger partial charge in [0.2, 0.25) is 0 Å². The molecule has 0 saturated carbocycles. The lowest BCUT2D eigenvalue weighted by atomic mass is 10.2. The lowest BCUT2D eigenvalue weighted by molar-refractivity contribution is 0.255. The molecule has 0 bridgehead atoms. The minimum atomic E-state index is -0.544. The van der Waals surface area contributed by atoms with Crippen LogP contribution in [-0.4, -0.2) is 18.1 Å². The number of anilines is 1. The molecule has 27 heavy (non-hydrogen) atoms. The van der Waals surface area contributed by atoms with E-state index < -0.39 is 6.03 Å². The summed E-state index contributed by atoms with van der Waals surface area (Å²) in [6, 6.07) is 11.3. The number of carbonyl (C=O) groups is 1. The van der Waals surface area contributed by atoms with Crippen molar-refractivity contribution in [3.63, 3.8) is 0 Å². The Kier molecular flexibility index (Phi) is 9.37. The predicted octanol–water partition coefficient (Wildman–Crippen LogP) is 5.01. The third kappa shape index (κ3) is 6.62. The first kappa shape index (κ1) is 22.0. The molecule has 0 aliphatic carbocycles. The van der Waals surface area contributed by atoms with Gasteiger partial charge < -0.3 is 10.5 Å². The fraction of sp³-hybridized carbons (Fsp3) is 0.273. The van der Waals surface area contributed by atoms with Crippen LogP contribution in [-0.2, 0) is 6.42 Å². The molecule has 2 aromatic rings. The zero-order valence-corrected chi connectivity index (χ0v) is 16.8. The number of hydrogen-bond donors (Lipinski definition) is 1. The summed E-state index contributed by atoms with van der Waals surface area (Å²) < 4.78 is 5.01. The molecule has 0 aliphatic rings. The van der Waals surface area contributed by atoms with E-state index in [1.807, 2.05) is 63.3 Å². The van der Waals surface area contributed by atoms with E-state index in [1.54, 1.807) is 13.3 Å². The largest absolute Gasteiger partial charge is 0.497 e. The predicted molar refractivity (Wildman–Crippen MR) is 112 cm³/mol. The van der Waals surface area contributed by atoms with Crippen molar-refractivity contribution in [1.82, 2.24) is 4.98 Å². The highest BCUT2D eigenvalue weighted by Crippen LogP contribution is 2.21. The number of ether oxygens (including phenoxy) is 1. The second-order valence-corrected chi connectivity index (χ2v) is 5.73. The summed E-state index contributed by atoms with van der Waals surface area (Å²) in [4.78, 5) is 17.2. The van der Waals surface area contributed by atoms with E-state index in [0.717, 1.165) is 17.7 Å². The smallest absolute Gasteiger partial charge is 0.325 e. The van der Waals surface area contributed by atoms with Gasteiger partial charge in [-0.3, -0.25) is 0 Å². The van der Waals surface area contributed by atoms with Crippen LogP contribution in [0, 0.1) is 6.92 Å². The molecule has 2 N–H and O–H groups in total. The summed E-state index contributed by atoms with van der Waals surface area (Å²) >= 11 is 0. The van der Waals surface area contributed by atoms with Crippen LogP contribution in [0.4, 0.5) is 10.6 Å². The summed E-state index contributed by atoms with van der Waals surface area (Å²) in [6.45, 7) is 7.76. The van der Waals surface area contributed by atoms with E-state index >= 15 is 0 Å². The Morgan fingerprint density at radius 2 is 1.89 bits per heavy atom. The van der Waals surface area contributed by atoms with Crippen molar-refractivity contribution in [3.8, 4) is 5.75 Å². The monoisotopic (exact) mass is 367 g/mol. The molecule has 0 aliphatic heterocycles. The number of aryl methyl sites for hydroxylation is 2. The van der Waals surface area contributed by atoms with E-state index in [1.165, 1.54) is 10.5 Å². The number of pyridine rings is 1. The number of nitrogens with zero attached hydrogens (tertiary/aromatic N) is 2. The molecule has 0 radical (unpaired) electrons. The third-order valence-electron chi connectivity index (χ3n) is 3.87. The lowest BCUT2D eigenvalue weighted by Gasteiger charge is -2.21. The van der Waals surface area contributed by atoms with Gasteiger partial charge in [-0.05, 0) is 62.6 Å². The van der Waals surface area contributed by atoms with Gasteiger partial charge in [-0.1, -0.05) is 37.3 Å². The van der Waals surface area contributed by atoms with Gasteiger partial charge in [0, 0.05) is 11.9 Å². The van der Waals surface area contributed by atoms with Gasteiger partial charge >= 0.3 is 6.03 Å². The van der Waals surface area contributed by atoms with Gasteiger partial charge in [0.15, 0.2) is 0 Å². The molecule has 2 rings (SSSR count). The Labute approximate surface area is 162 Å². The van der Waals surface area contributed by atoms with Gasteiger partial charge in [-0.15, -0.1) is 0 Å². The molecule has 0 unspecified atom stereocenters.